The number of nitrogens with one attached hydrogen (secondary N) is 2. The molecule has 24 heavy (non-hydrogen) atoms. The molecule has 1 saturated heterocycles. The second kappa shape index (κ2) is 8.41. The molecule has 1 unspecified atom stereocenters. The van der Waals surface area contributed by atoms with Gasteiger partial charge in [-0.3, -0.25) is 9.89 Å². The summed E-state index contributed by atoms with van der Waals surface area (Å²) >= 11 is 0. The molecule has 7 heteroatoms. The standard InChI is InChI=1S/C17H31F3N4/c1-3-16(7-4-5-8-16)12-23-15(21-2)22-10-14-6-9-24(11-14)13-17(18,19)20/h14H,3-13H2,1-2H3,(H2,21,22,23). The first-order valence-corrected chi connectivity index (χ1v) is 9.09. The Bertz CT molecular complexity index is 417. The molecule has 0 radical (unpaired) electrons. The monoisotopic (exact) mass is 348 g/mol. The highest BCUT2D eigenvalue weighted by Gasteiger charge is 2.34. The maximum absolute atomic E-state index is 12.4. The van der Waals surface area contributed by atoms with Gasteiger partial charge in [-0.1, -0.05) is 19.8 Å². The lowest BCUT2D eigenvalue weighted by Crippen LogP contribution is -2.44. The van der Waals surface area contributed by atoms with E-state index in [-0.39, 0.29) is 5.92 Å². The minimum absolute atomic E-state index is 0.248. The van der Waals surface area contributed by atoms with Crippen LogP contribution in [0.5, 0.6) is 0 Å². The lowest BCUT2D eigenvalue weighted by molar-refractivity contribution is -0.143. The van der Waals surface area contributed by atoms with Gasteiger partial charge in [0.15, 0.2) is 5.96 Å². The molecular formula is C17H31F3N4. The summed E-state index contributed by atoms with van der Waals surface area (Å²) in [5, 5.41) is 6.71. The minimum Gasteiger partial charge on any atom is -0.356 e. The number of aliphatic imine (C=N–C) groups is 1. The van der Waals surface area contributed by atoms with Gasteiger partial charge in [-0.15, -0.1) is 0 Å². The van der Waals surface area contributed by atoms with Gasteiger partial charge in [0.05, 0.1) is 6.54 Å². The molecule has 0 bridgehead atoms. The summed E-state index contributed by atoms with van der Waals surface area (Å²) in [6.07, 6.45) is 3.02. The average molecular weight is 348 g/mol. The molecule has 140 valence electrons. The van der Waals surface area contributed by atoms with E-state index in [1.807, 2.05) is 0 Å². The summed E-state index contributed by atoms with van der Waals surface area (Å²) in [5.74, 6) is 1.02. The van der Waals surface area contributed by atoms with E-state index in [1.54, 1.807) is 7.05 Å². The molecule has 2 rings (SSSR count). The third-order valence-corrected chi connectivity index (χ3v) is 5.60. The van der Waals surface area contributed by atoms with Gasteiger partial charge in [-0.2, -0.15) is 13.2 Å². The van der Waals surface area contributed by atoms with Crippen LogP contribution in [0, 0.1) is 11.3 Å². The van der Waals surface area contributed by atoms with E-state index in [4.69, 9.17) is 0 Å². The van der Waals surface area contributed by atoms with E-state index in [2.05, 4.69) is 22.5 Å². The first-order valence-electron chi connectivity index (χ1n) is 9.09. The minimum atomic E-state index is -4.10. The van der Waals surface area contributed by atoms with Gasteiger partial charge < -0.3 is 10.6 Å². The molecule has 2 fully saturated rings. The molecule has 0 aromatic heterocycles. The summed E-state index contributed by atoms with van der Waals surface area (Å²) in [7, 11) is 1.74. The van der Waals surface area contributed by atoms with E-state index in [0.29, 0.717) is 25.0 Å². The third kappa shape index (κ3) is 5.83. The Morgan fingerprint density at radius 3 is 2.54 bits per heavy atom. The molecule has 4 nitrogen and oxygen atoms in total. The zero-order valence-corrected chi connectivity index (χ0v) is 14.9. The molecule has 2 aliphatic rings. The van der Waals surface area contributed by atoms with Crippen molar-refractivity contribution < 1.29 is 13.2 Å². The van der Waals surface area contributed by atoms with Crippen molar-refractivity contribution in [1.82, 2.24) is 15.5 Å². The van der Waals surface area contributed by atoms with Crippen molar-refractivity contribution in [2.75, 3.05) is 39.8 Å². The number of guanidine groups is 1. The van der Waals surface area contributed by atoms with E-state index in [0.717, 1.165) is 18.9 Å². The first kappa shape index (κ1) is 19.3. The van der Waals surface area contributed by atoms with Crippen LogP contribution in [0.4, 0.5) is 13.2 Å². The second-order valence-electron chi connectivity index (χ2n) is 7.37. The molecule has 0 spiro atoms. The van der Waals surface area contributed by atoms with Crippen LogP contribution < -0.4 is 10.6 Å². The van der Waals surface area contributed by atoms with Crippen LogP contribution in [-0.4, -0.2) is 56.8 Å². The number of hydrogen-bond acceptors (Lipinski definition) is 2. The zero-order valence-electron chi connectivity index (χ0n) is 14.9. The molecule has 1 heterocycles. The fraction of sp³-hybridized carbons (Fsp3) is 0.941. The lowest BCUT2D eigenvalue weighted by atomic mass is 9.83. The van der Waals surface area contributed by atoms with Gasteiger partial charge in [0.2, 0.25) is 0 Å². The van der Waals surface area contributed by atoms with Crippen molar-refractivity contribution in [3.05, 3.63) is 0 Å². The molecular weight excluding hydrogens is 317 g/mol. The fourth-order valence-electron chi connectivity index (χ4n) is 3.99. The van der Waals surface area contributed by atoms with Crippen LogP contribution >= 0.6 is 0 Å². The Kier molecular flexibility index (Phi) is 6.78. The Hall–Kier alpha value is -0.980. The lowest BCUT2D eigenvalue weighted by Gasteiger charge is -2.28. The topological polar surface area (TPSA) is 39.7 Å². The fourth-order valence-corrected chi connectivity index (χ4v) is 3.99. The molecule has 1 aliphatic carbocycles. The number of hydrogen-bond donors (Lipinski definition) is 2. The van der Waals surface area contributed by atoms with E-state index < -0.39 is 12.7 Å². The molecule has 1 aliphatic heterocycles. The SMILES string of the molecule is CCC1(CNC(=NC)NCC2CCN(CC(F)(F)F)C2)CCCC1. The quantitative estimate of drug-likeness (QED) is 0.573. The Balaban J connectivity index is 1.70. The normalized spacial score (nSPS) is 25.2. The smallest absolute Gasteiger partial charge is 0.356 e. The van der Waals surface area contributed by atoms with Gasteiger partial charge in [-0.05, 0) is 43.6 Å². The van der Waals surface area contributed by atoms with Crippen LogP contribution in [0.3, 0.4) is 0 Å². The summed E-state index contributed by atoms with van der Waals surface area (Å²) in [6.45, 7) is 4.08. The Labute approximate surface area is 143 Å². The van der Waals surface area contributed by atoms with Crippen LogP contribution in [0.2, 0.25) is 0 Å². The summed E-state index contributed by atoms with van der Waals surface area (Å²) < 4.78 is 37.3. The van der Waals surface area contributed by atoms with Gasteiger partial charge in [0.25, 0.3) is 0 Å². The molecule has 0 amide bonds. The molecule has 1 atom stereocenters. The van der Waals surface area contributed by atoms with Crippen molar-refractivity contribution in [2.24, 2.45) is 16.3 Å². The average Bonchev–Trinajstić information content (AvgIpc) is 3.16. The molecule has 1 saturated carbocycles. The van der Waals surface area contributed by atoms with Crippen molar-refractivity contribution in [3.63, 3.8) is 0 Å². The van der Waals surface area contributed by atoms with E-state index in [9.17, 15) is 13.2 Å². The number of rotatable bonds is 6. The van der Waals surface area contributed by atoms with Gasteiger partial charge in [0.1, 0.15) is 0 Å². The van der Waals surface area contributed by atoms with Crippen molar-refractivity contribution >= 4 is 5.96 Å². The third-order valence-electron chi connectivity index (χ3n) is 5.60. The number of likely N-dealkylation sites (tertiary alicyclic amines) is 1. The van der Waals surface area contributed by atoms with Crippen LogP contribution in [-0.2, 0) is 0 Å². The molecule has 2 N–H and O–H groups in total. The van der Waals surface area contributed by atoms with Crippen molar-refractivity contribution in [3.8, 4) is 0 Å². The highest BCUT2D eigenvalue weighted by Crippen LogP contribution is 2.40. The maximum Gasteiger partial charge on any atom is 0.401 e. The van der Waals surface area contributed by atoms with E-state index in [1.165, 1.54) is 37.0 Å². The summed E-state index contributed by atoms with van der Waals surface area (Å²) in [5.41, 5.74) is 0.383. The molecule has 0 aromatic rings. The van der Waals surface area contributed by atoms with Crippen LogP contribution in [0.25, 0.3) is 0 Å². The molecule has 0 aromatic carbocycles. The first-order chi connectivity index (χ1) is 11.4. The number of halogens is 3. The van der Waals surface area contributed by atoms with E-state index >= 15 is 0 Å². The predicted molar refractivity (Wildman–Crippen MR) is 91.2 cm³/mol. The number of alkyl halides is 3. The largest absolute Gasteiger partial charge is 0.401 e. The summed E-state index contributed by atoms with van der Waals surface area (Å²) in [4.78, 5) is 5.75. The van der Waals surface area contributed by atoms with Gasteiger partial charge >= 0.3 is 6.18 Å². The maximum atomic E-state index is 12.4. The number of nitrogens with zero attached hydrogens (tertiary/aromatic N) is 2. The Morgan fingerprint density at radius 2 is 1.96 bits per heavy atom. The summed E-state index contributed by atoms with van der Waals surface area (Å²) in [6, 6.07) is 0. The Morgan fingerprint density at radius 1 is 1.25 bits per heavy atom. The van der Waals surface area contributed by atoms with Crippen LogP contribution in [0.1, 0.15) is 45.4 Å². The zero-order chi connectivity index (χ0) is 17.6. The van der Waals surface area contributed by atoms with Crippen molar-refractivity contribution in [1.29, 1.82) is 0 Å². The van der Waals surface area contributed by atoms with Gasteiger partial charge in [-0.25, -0.2) is 0 Å². The highest BCUT2D eigenvalue weighted by molar-refractivity contribution is 5.79. The highest BCUT2D eigenvalue weighted by atomic mass is 19.4. The predicted octanol–water partition coefficient (Wildman–Crippen LogP) is 3.01. The van der Waals surface area contributed by atoms with Crippen LogP contribution in [0.15, 0.2) is 4.99 Å². The van der Waals surface area contributed by atoms with Gasteiger partial charge in [0, 0.05) is 26.7 Å². The second-order valence-corrected chi connectivity index (χ2v) is 7.37. The van der Waals surface area contributed by atoms with Crippen molar-refractivity contribution in [2.45, 2.75) is 51.6 Å².